The van der Waals surface area contributed by atoms with Crippen molar-refractivity contribution in [2.24, 2.45) is 10.5 Å². The Morgan fingerprint density at radius 1 is 1.13 bits per heavy atom. The number of para-hydroxylation sites is 1. The first-order chi connectivity index (χ1) is 18.5. The topological polar surface area (TPSA) is 113 Å². The number of nitro groups is 1. The lowest BCUT2D eigenvalue weighted by atomic mass is 9.99. The zero-order valence-electron chi connectivity index (χ0n) is 21.1. The number of halogens is 2. The molecule has 0 radical (unpaired) electrons. The van der Waals surface area contributed by atoms with Crippen LogP contribution in [-0.2, 0) is 0 Å². The number of ether oxygens (including phenoxy) is 1. The first-order valence-corrected chi connectivity index (χ1v) is 13.5. The van der Waals surface area contributed by atoms with Gasteiger partial charge in [0.25, 0.3) is 5.56 Å². The van der Waals surface area contributed by atoms with Crippen molar-refractivity contribution in [3.8, 4) is 17.3 Å². The van der Waals surface area contributed by atoms with Crippen molar-refractivity contribution in [2.75, 3.05) is 6.61 Å². The molecular weight excluding hydrogens is 632 g/mol. The molecule has 0 fully saturated rings. The van der Waals surface area contributed by atoms with Crippen LogP contribution in [0.3, 0.4) is 0 Å². The van der Waals surface area contributed by atoms with Crippen molar-refractivity contribution >= 4 is 65.6 Å². The first kappa shape index (κ1) is 26.8. The average Bonchev–Trinajstić information content (AvgIpc) is 3.29. The smallest absolute Gasteiger partial charge is 0.312 e. The molecule has 0 amide bonds. The lowest BCUT2D eigenvalue weighted by Gasteiger charge is -2.19. The average molecular weight is 654 g/mol. The molecule has 0 bridgehead atoms. The van der Waals surface area contributed by atoms with Gasteiger partial charge < -0.3 is 9.15 Å². The second kappa shape index (κ2) is 10.4. The molecule has 11 heteroatoms. The molecule has 5 aromatic rings. The number of rotatable bonds is 6. The van der Waals surface area contributed by atoms with Crippen molar-refractivity contribution in [3.63, 3.8) is 0 Å². The van der Waals surface area contributed by atoms with E-state index in [-0.39, 0.29) is 29.3 Å². The summed E-state index contributed by atoms with van der Waals surface area (Å²) in [6.07, 6.45) is 1.37. The Hall–Kier alpha value is -3.83. The number of benzene rings is 3. The zero-order valence-corrected chi connectivity index (χ0v) is 24.3. The molecule has 2 aromatic heterocycles. The Morgan fingerprint density at radius 3 is 2.64 bits per heavy atom. The van der Waals surface area contributed by atoms with E-state index in [9.17, 15) is 14.9 Å². The van der Waals surface area contributed by atoms with Crippen molar-refractivity contribution in [3.05, 3.63) is 95.6 Å². The Kier molecular flexibility index (Phi) is 7.13. The summed E-state index contributed by atoms with van der Waals surface area (Å²) >= 11 is 6.85. The van der Waals surface area contributed by atoms with Gasteiger partial charge in [-0.15, -0.1) is 0 Å². The third-order valence-corrected chi connectivity index (χ3v) is 6.75. The summed E-state index contributed by atoms with van der Waals surface area (Å²) in [7, 11) is 0. The molecule has 2 heterocycles. The number of furan rings is 1. The molecule has 0 aliphatic rings. The number of hydrogen-bond donors (Lipinski definition) is 0. The van der Waals surface area contributed by atoms with Gasteiger partial charge in [0.2, 0.25) is 11.6 Å². The fourth-order valence-electron chi connectivity index (χ4n) is 3.88. The van der Waals surface area contributed by atoms with Crippen molar-refractivity contribution in [1.29, 1.82) is 0 Å². The maximum atomic E-state index is 13.5. The van der Waals surface area contributed by atoms with E-state index in [1.54, 1.807) is 36.4 Å². The summed E-state index contributed by atoms with van der Waals surface area (Å²) in [5.41, 5.74) is 0.673. The van der Waals surface area contributed by atoms with Crippen LogP contribution in [0.4, 0.5) is 5.69 Å². The van der Waals surface area contributed by atoms with Crippen LogP contribution in [0.25, 0.3) is 33.5 Å². The van der Waals surface area contributed by atoms with Gasteiger partial charge in [0.15, 0.2) is 5.76 Å². The van der Waals surface area contributed by atoms with Crippen LogP contribution in [0.5, 0.6) is 5.75 Å². The fraction of sp³-hybridized carbons (Fsp3) is 0.179. The number of hydrogen-bond acceptors (Lipinski definition) is 7. The third-order valence-electron chi connectivity index (χ3n) is 5.67. The van der Waals surface area contributed by atoms with E-state index in [2.05, 4.69) is 41.9 Å². The monoisotopic (exact) mass is 652 g/mol. The van der Waals surface area contributed by atoms with Gasteiger partial charge in [-0.1, -0.05) is 48.8 Å². The highest BCUT2D eigenvalue weighted by Gasteiger charge is 2.23. The van der Waals surface area contributed by atoms with E-state index < -0.39 is 10.5 Å². The lowest BCUT2D eigenvalue weighted by Crippen LogP contribution is -2.20. The minimum Gasteiger partial charge on any atom is -0.485 e. The molecule has 9 nitrogen and oxygen atoms in total. The van der Waals surface area contributed by atoms with E-state index in [0.717, 1.165) is 14.5 Å². The van der Waals surface area contributed by atoms with E-state index in [4.69, 9.17) is 9.15 Å². The van der Waals surface area contributed by atoms with Crippen LogP contribution in [0.15, 0.2) is 83.9 Å². The van der Waals surface area contributed by atoms with Gasteiger partial charge in [0.05, 0.1) is 33.1 Å². The zero-order chi connectivity index (χ0) is 27.9. The minimum atomic E-state index is -0.512. The highest BCUT2D eigenvalue weighted by atomic mass is 79.9. The maximum absolute atomic E-state index is 13.5. The van der Waals surface area contributed by atoms with Crippen LogP contribution >= 0.6 is 31.9 Å². The van der Waals surface area contributed by atoms with E-state index in [1.165, 1.54) is 12.3 Å². The molecule has 5 rings (SSSR count). The quantitative estimate of drug-likeness (QED) is 0.106. The van der Waals surface area contributed by atoms with Gasteiger partial charge in [0.1, 0.15) is 5.58 Å². The van der Waals surface area contributed by atoms with Gasteiger partial charge in [-0.25, -0.2) is 4.98 Å². The maximum Gasteiger partial charge on any atom is 0.312 e. The van der Waals surface area contributed by atoms with Crippen LogP contribution in [0, 0.1) is 15.5 Å². The predicted molar refractivity (Wildman–Crippen MR) is 158 cm³/mol. The van der Waals surface area contributed by atoms with E-state index >= 15 is 0 Å². The molecule has 0 saturated heterocycles. The summed E-state index contributed by atoms with van der Waals surface area (Å²) in [5.74, 6) is 0.674. The first-order valence-electron chi connectivity index (χ1n) is 11.9. The summed E-state index contributed by atoms with van der Waals surface area (Å²) in [6.45, 7) is 6.21. The van der Waals surface area contributed by atoms with E-state index in [1.807, 2.05) is 39.0 Å². The molecule has 0 aliphatic heterocycles. The summed E-state index contributed by atoms with van der Waals surface area (Å²) in [6, 6.07) is 17.3. The van der Waals surface area contributed by atoms with Crippen LogP contribution in [-0.4, -0.2) is 27.4 Å². The molecule has 0 saturated carbocycles. The van der Waals surface area contributed by atoms with Crippen LogP contribution in [0.1, 0.15) is 26.3 Å². The lowest BCUT2D eigenvalue weighted by molar-refractivity contribution is -0.386. The predicted octanol–water partition coefficient (Wildman–Crippen LogP) is 7.55. The molecule has 0 atom stereocenters. The largest absolute Gasteiger partial charge is 0.485 e. The second-order valence-corrected chi connectivity index (χ2v) is 11.8. The third kappa shape index (κ3) is 5.64. The highest BCUT2D eigenvalue weighted by molar-refractivity contribution is 9.10. The molecule has 0 N–H and O–H groups in total. The highest BCUT2D eigenvalue weighted by Crippen LogP contribution is 2.37. The Balaban J connectivity index is 1.63. The molecule has 3 aromatic carbocycles. The van der Waals surface area contributed by atoms with Gasteiger partial charge in [-0.2, -0.15) is 9.78 Å². The Morgan fingerprint density at radius 2 is 1.90 bits per heavy atom. The van der Waals surface area contributed by atoms with Gasteiger partial charge in [0, 0.05) is 21.5 Å². The molecule has 0 aliphatic carbocycles. The molecule has 39 heavy (non-hydrogen) atoms. The fourth-order valence-corrected chi connectivity index (χ4v) is 4.84. The standard InChI is InChI=1S/C28H22Br2N4O5/c1-28(2,3)15-38-25-20(30)10-16(11-22(25)34(36)37)14-31-33-26(32-21-7-5-4-6-19(21)27(33)35)24-13-17-12-18(29)8-9-23(17)39-24/h4-14H,15H2,1-3H3. The van der Waals surface area contributed by atoms with Gasteiger partial charge in [-0.3, -0.25) is 14.9 Å². The number of aromatic nitrogens is 2. The Labute approximate surface area is 239 Å². The summed E-state index contributed by atoms with van der Waals surface area (Å²) in [4.78, 5) is 29.5. The van der Waals surface area contributed by atoms with Crippen molar-refractivity contribution in [1.82, 2.24) is 9.66 Å². The number of nitro benzene ring substituents is 1. The van der Waals surface area contributed by atoms with Crippen molar-refractivity contribution < 1.29 is 14.1 Å². The van der Waals surface area contributed by atoms with Gasteiger partial charge >= 0.3 is 5.69 Å². The van der Waals surface area contributed by atoms with E-state index in [0.29, 0.717) is 32.3 Å². The molecule has 198 valence electrons. The summed E-state index contributed by atoms with van der Waals surface area (Å²) in [5, 5.41) is 17.5. The minimum absolute atomic E-state index is 0.130. The van der Waals surface area contributed by atoms with Gasteiger partial charge in [-0.05, 0) is 63.8 Å². The Bertz CT molecular complexity index is 1840. The SMILES string of the molecule is CC(C)(C)COc1c(Br)cc(C=Nn2c(-c3cc4cc(Br)ccc4o3)nc3ccccc3c2=O)cc1[N+](=O)[O-]. The van der Waals surface area contributed by atoms with Crippen molar-refractivity contribution in [2.45, 2.75) is 20.8 Å². The van der Waals surface area contributed by atoms with Crippen LogP contribution in [0.2, 0.25) is 0 Å². The summed E-state index contributed by atoms with van der Waals surface area (Å²) < 4.78 is 14.2. The normalized spacial score (nSPS) is 12.0. The van der Waals surface area contributed by atoms with Crippen LogP contribution < -0.4 is 10.3 Å². The second-order valence-electron chi connectivity index (χ2n) is 10.1. The number of nitrogens with zero attached hydrogens (tertiary/aromatic N) is 4. The molecule has 0 spiro atoms. The number of fused-ring (bicyclic) bond motifs is 2. The molecule has 0 unspecified atom stereocenters. The molecular formula is C28H22Br2N4O5.